The van der Waals surface area contributed by atoms with E-state index in [2.05, 4.69) is 15.6 Å². The van der Waals surface area contributed by atoms with E-state index in [1.165, 1.54) is 25.2 Å². The van der Waals surface area contributed by atoms with Crippen molar-refractivity contribution in [2.75, 3.05) is 33.2 Å². The lowest BCUT2D eigenvalue weighted by molar-refractivity contribution is -0.0496. The molecule has 1 aliphatic heterocycles. The molecule has 172 valence electrons. The maximum Gasteiger partial charge on any atom is 0.511 e. The molecule has 1 aromatic rings. The van der Waals surface area contributed by atoms with Crippen molar-refractivity contribution in [2.45, 2.75) is 24.8 Å². The van der Waals surface area contributed by atoms with Crippen LogP contribution in [0.2, 0.25) is 0 Å². The number of hydrogen-bond acceptors (Lipinski definition) is 3. The zero-order valence-electron chi connectivity index (χ0n) is 16.2. The van der Waals surface area contributed by atoms with Crippen molar-refractivity contribution >= 4 is 40.0 Å². The summed E-state index contributed by atoms with van der Waals surface area (Å²) in [5, 5.41) is 5.91. The Labute approximate surface area is 189 Å². The predicted octanol–water partition coefficient (Wildman–Crippen LogP) is 2.85. The number of sulfonamides is 1. The summed E-state index contributed by atoms with van der Waals surface area (Å²) >= 11 is 0. The Morgan fingerprint density at radius 3 is 2.23 bits per heavy atom. The first-order valence-corrected chi connectivity index (χ1v) is 10.4. The second kappa shape index (κ2) is 11.4. The van der Waals surface area contributed by atoms with Crippen molar-refractivity contribution in [3.05, 3.63) is 35.4 Å². The normalized spacial score (nSPS) is 16.8. The number of alkyl halides is 3. The van der Waals surface area contributed by atoms with Crippen molar-refractivity contribution in [1.82, 2.24) is 14.9 Å². The third-order valence-electron chi connectivity index (χ3n) is 4.72. The van der Waals surface area contributed by atoms with Gasteiger partial charge in [0.25, 0.3) is 0 Å². The van der Waals surface area contributed by atoms with Crippen LogP contribution in [-0.4, -0.2) is 57.4 Å². The summed E-state index contributed by atoms with van der Waals surface area (Å²) in [6.07, 6.45) is 0.659. The van der Waals surface area contributed by atoms with Crippen LogP contribution in [0.4, 0.5) is 22.0 Å². The molecule has 0 spiro atoms. The number of nitrogens with zero attached hydrogens (tertiary/aromatic N) is 2. The fourth-order valence-electron chi connectivity index (χ4n) is 3.04. The molecule has 1 fully saturated rings. The zero-order valence-corrected chi connectivity index (χ0v) is 19.3. The second-order valence-electron chi connectivity index (χ2n) is 6.62. The van der Waals surface area contributed by atoms with Gasteiger partial charge in [-0.2, -0.15) is 17.5 Å². The number of piperidine rings is 1. The van der Waals surface area contributed by atoms with Gasteiger partial charge in [-0.15, -0.1) is 24.0 Å². The van der Waals surface area contributed by atoms with E-state index < -0.39 is 27.2 Å². The van der Waals surface area contributed by atoms with E-state index in [0.717, 1.165) is 0 Å². The molecule has 0 aliphatic carbocycles. The van der Waals surface area contributed by atoms with Gasteiger partial charge in [0.2, 0.25) is 0 Å². The van der Waals surface area contributed by atoms with E-state index in [0.29, 0.717) is 16.8 Å². The third kappa shape index (κ3) is 6.90. The molecule has 0 atom stereocenters. The number of rotatable bonds is 6. The molecule has 1 aromatic carbocycles. The average Bonchev–Trinajstić information content (AvgIpc) is 2.66. The van der Waals surface area contributed by atoms with Crippen molar-refractivity contribution in [3.8, 4) is 0 Å². The highest BCUT2D eigenvalue weighted by molar-refractivity contribution is 14.0. The van der Waals surface area contributed by atoms with Gasteiger partial charge in [0.1, 0.15) is 11.6 Å². The quantitative estimate of drug-likeness (QED) is 0.239. The Bertz CT molecular complexity index is 808. The molecule has 0 aromatic heterocycles. The van der Waals surface area contributed by atoms with Crippen molar-refractivity contribution in [3.63, 3.8) is 0 Å². The number of guanidine groups is 1. The van der Waals surface area contributed by atoms with Gasteiger partial charge in [0.15, 0.2) is 5.96 Å². The summed E-state index contributed by atoms with van der Waals surface area (Å²) in [6.45, 7) is 0.201. The van der Waals surface area contributed by atoms with Crippen LogP contribution in [0.15, 0.2) is 23.2 Å². The maximum absolute atomic E-state index is 13.6. The molecule has 1 saturated heterocycles. The summed E-state index contributed by atoms with van der Waals surface area (Å²) < 4.78 is 88.3. The van der Waals surface area contributed by atoms with Crippen LogP contribution in [0.25, 0.3) is 0 Å². The lowest BCUT2D eigenvalue weighted by Gasteiger charge is -2.31. The Morgan fingerprint density at radius 1 is 1.17 bits per heavy atom. The van der Waals surface area contributed by atoms with Crippen LogP contribution in [0, 0.1) is 17.6 Å². The molecule has 0 unspecified atom stereocenters. The fourth-order valence-corrected chi connectivity index (χ4v) is 4.02. The van der Waals surface area contributed by atoms with Gasteiger partial charge < -0.3 is 10.6 Å². The number of benzene rings is 1. The summed E-state index contributed by atoms with van der Waals surface area (Å²) in [5.74, 6) is -0.907. The van der Waals surface area contributed by atoms with Crippen LogP contribution in [-0.2, 0) is 16.4 Å². The largest absolute Gasteiger partial charge is 0.511 e. The predicted molar refractivity (Wildman–Crippen MR) is 114 cm³/mol. The van der Waals surface area contributed by atoms with E-state index in [1.807, 2.05) is 0 Å². The number of aliphatic imine (C=N–C) groups is 1. The van der Waals surface area contributed by atoms with Gasteiger partial charge in [-0.1, -0.05) is 6.07 Å². The van der Waals surface area contributed by atoms with Crippen molar-refractivity contribution < 1.29 is 30.4 Å². The maximum atomic E-state index is 13.6. The van der Waals surface area contributed by atoms with Crippen molar-refractivity contribution in [1.29, 1.82) is 0 Å². The van der Waals surface area contributed by atoms with E-state index in [9.17, 15) is 30.4 Å². The molecule has 0 amide bonds. The van der Waals surface area contributed by atoms with Gasteiger partial charge in [-0.05, 0) is 37.3 Å². The molecule has 2 rings (SSSR count). The molecule has 0 radical (unpaired) electrons. The first kappa shape index (κ1) is 26.8. The molecule has 2 N–H and O–H groups in total. The number of nitrogens with one attached hydrogen (secondary N) is 2. The topological polar surface area (TPSA) is 73.8 Å². The smallest absolute Gasteiger partial charge is 0.356 e. The first-order chi connectivity index (χ1) is 13.6. The second-order valence-corrected chi connectivity index (χ2v) is 8.55. The fraction of sp³-hybridized carbons (Fsp3) is 0.588. The highest BCUT2D eigenvalue weighted by Gasteiger charge is 2.50. The standard InChI is InChI=1S/C17H23F5N4O2S.HI/c1-23-16(24-8-5-13-14(18)3-2-4-15(13)19)25-11-12-6-9-26(10-7-12)29(27,28)17(20,21)22;/h2-4,12H,5-11H2,1H3,(H2,23,24,25);1H. The van der Waals surface area contributed by atoms with Crippen molar-refractivity contribution in [2.24, 2.45) is 10.9 Å². The number of halogens is 6. The minimum Gasteiger partial charge on any atom is -0.356 e. The summed E-state index contributed by atoms with van der Waals surface area (Å²) in [4.78, 5) is 3.99. The van der Waals surface area contributed by atoms with Gasteiger partial charge in [-0.3, -0.25) is 4.99 Å². The van der Waals surface area contributed by atoms with Crippen LogP contribution >= 0.6 is 24.0 Å². The molecule has 13 heteroatoms. The highest BCUT2D eigenvalue weighted by atomic mass is 127. The van der Waals surface area contributed by atoms with Crippen LogP contribution in [0.3, 0.4) is 0 Å². The minimum atomic E-state index is -5.29. The molecule has 30 heavy (non-hydrogen) atoms. The Hall–Kier alpha value is -1.22. The average molecular weight is 570 g/mol. The van der Waals surface area contributed by atoms with Gasteiger partial charge in [-0.25, -0.2) is 17.2 Å². The molecule has 6 nitrogen and oxygen atoms in total. The number of hydrogen-bond donors (Lipinski definition) is 2. The highest BCUT2D eigenvalue weighted by Crippen LogP contribution is 2.30. The third-order valence-corrected chi connectivity index (χ3v) is 6.35. The Morgan fingerprint density at radius 2 is 1.73 bits per heavy atom. The van der Waals surface area contributed by atoms with E-state index >= 15 is 0 Å². The van der Waals surface area contributed by atoms with Crippen LogP contribution in [0.1, 0.15) is 18.4 Å². The molecule has 0 saturated carbocycles. The molecule has 0 bridgehead atoms. The van der Waals surface area contributed by atoms with Gasteiger partial charge in [0.05, 0.1) is 0 Å². The lowest BCUT2D eigenvalue weighted by atomic mass is 9.98. The molecule has 1 heterocycles. The molecule has 1 aliphatic rings. The summed E-state index contributed by atoms with van der Waals surface area (Å²) in [7, 11) is -3.78. The lowest BCUT2D eigenvalue weighted by Crippen LogP contribution is -2.47. The zero-order chi connectivity index (χ0) is 21.7. The van der Waals surface area contributed by atoms with E-state index in [-0.39, 0.29) is 74.4 Å². The van der Waals surface area contributed by atoms with E-state index in [4.69, 9.17) is 0 Å². The first-order valence-electron chi connectivity index (χ1n) is 9.00. The summed E-state index contributed by atoms with van der Waals surface area (Å²) in [5.41, 5.74) is -5.32. The molecular formula is C17H24F5IN4O2S. The summed E-state index contributed by atoms with van der Waals surface area (Å²) in [6, 6.07) is 3.64. The Balaban J connectivity index is 0.00000450. The van der Waals surface area contributed by atoms with Crippen LogP contribution in [0.5, 0.6) is 0 Å². The SMILES string of the molecule is CN=C(NCCc1c(F)cccc1F)NCC1CCN(S(=O)(=O)C(F)(F)F)CC1.I. The monoisotopic (exact) mass is 570 g/mol. The van der Waals surface area contributed by atoms with Gasteiger partial charge >= 0.3 is 15.5 Å². The Kier molecular flexibility index (Phi) is 10.2. The van der Waals surface area contributed by atoms with E-state index in [1.54, 1.807) is 0 Å². The minimum absolute atomic E-state index is 0. The van der Waals surface area contributed by atoms with Gasteiger partial charge in [0, 0.05) is 38.8 Å². The van der Waals surface area contributed by atoms with Crippen LogP contribution < -0.4 is 10.6 Å². The molecular weight excluding hydrogens is 546 g/mol.